The standard InChI is InChI=1S/C16H10FN3O2S/c17-11-5-6-12-14(7-11)23-16(19-12)20-15(21)9-22-13-4-2-1-3-10(13)8-18/h1-7H,9H2,(H,19,20,21). The maximum Gasteiger partial charge on any atom is 0.264 e. The Hall–Kier alpha value is -2.98. The lowest BCUT2D eigenvalue weighted by atomic mass is 10.2. The van der Waals surface area contributed by atoms with Crippen molar-refractivity contribution in [1.29, 1.82) is 5.26 Å². The molecule has 0 radical (unpaired) electrons. The van der Waals surface area contributed by atoms with Crippen LogP contribution in [0.25, 0.3) is 10.2 Å². The second-order valence-electron chi connectivity index (χ2n) is 4.58. The number of nitrogens with zero attached hydrogens (tertiary/aromatic N) is 2. The van der Waals surface area contributed by atoms with E-state index in [2.05, 4.69) is 10.3 Å². The average Bonchev–Trinajstić information content (AvgIpc) is 2.94. The number of rotatable bonds is 4. The summed E-state index contributed by atoms with van der Waals surface area (Å²) in [4.78, 5) is 16.1. The van der Waals surface area contributed by atoms with Gasteiger partial charge in [-0.1, -0.05) is 23.5 Å². The van der Waals surface area contributed by atoms with Gasteiger partial charge in [-0.25, -0.2) is 9.37 Å². The van der Waals surface area contributed by atoms with Crippen molar-refractivity contribution in [3.8, 4) is 11.8 Å². The van der Waals surface area contributed by atoms with E-state index in [0.29, 0.717) is 26.7 Å². The number of hydrogen-bond donors (Lipinski definition) is 1. The zero-order valence-electron chi connectivity index (χ0n) is 11.7. The lowest BCUT2D eigenvalue weighted by molar-refractivity contribution is -0.118. The van der Waals surface area contributed by atoms with Crippen LogP contribution in [0.1, 0.15) is 5.56 Å². The quantitative estimate of drug-likeness (QED) is 0.797. The van der Waals surface area contributed by atoms with Crippen LogP contribution < -0.4 is 10.1 Å². The number of carbonyl (C=O) groups is 1. The first-order valence-corrected chi connectivity index (χ1v) is 7.45. The van der Waals surface area contributed by atoms with Crippen molar-refractivity contribution in [1.82, 2.24) is 4.98 Å². The Kier molecular flexibility index (Phi) is 4.17. The molecule has 0 aliphatic rings. The normalized spacial score (nSPS) is 10.3. The molecule has 0 fully saturated rings. The average molecular weight is 327 g/mol. The second-order valence-corrected chi connectivity index (χ2v) is 5.61. The molecule has 3 aromatic rings. The number of nitrogens with one attached hydrogen (secondary N) is 1. The number of halogens is 1. The molecule has 2 aromatic carbocycles. The Morgan fingerprint density at radius 3 is 3.00 bits per heavy atom. The molecule has 3 rings (SSSR count). The molecule has 0 aliphatic heterocycles. The zero-order chi connectivity index (χ0) is 16.2. The third kappa shape index (κ3) is 3.44. The van der Waals surface area contributed by atoms with Crippen LogP contribution in [0.3, 0.4) is 0 Å². The van der Waals surface area contributed by atoms with E-state index in [0.717, 1.165) is 0 Å². The number of anilines is 1. The van der Waals surface area contributed by atoms with Gasteiger partial charge in [0, 0.05) is 0 Å². The van der Waals surface area contributed by atoms with Crippen LogP contribution in [0.15, 0.2) is 42.5 Å². The molecular weight excluding hydrogens is 317 g/mol. The summed E-state index contributed by atoms with van der Waals surface area (Å²) in [6.07, 6.45) is 0. The number of fused-ring (bicyclic) bond motifs is 1. The molecule has 114 valence electrons. The molecule has 0 atom stereocenters. The highest BCUT2D eigenvalue weighted by atomic mass is 32.1. The molecule has 23 heavy (non-hydrogen) atoms. The number of benzene rings is 2. The Balaban J connectivity index is 1.65. The number of nitriles is 1. The minimum atomic E-state index is -0.405. The molecule has 1 heterocycles. The van der Waals surface area contributed by atoms with Crippen molar-refractivity contribution < 1.29 is 13.9 Å². The Morgan fingerprint density at radius 2 is 2.17 bits per heavy atom. The Bertz CT molecular complexity index is 917. The fraction of sp³-hybridized carbons (Fsp3) is 0.0625. The smallest absolute Gasteiger partial charge is 0.264 e. The summed E-state index contributed by atoms with van der Waals surface area (Å²) >= 11 is 1.18. The van der Waals surface area contributed by atoms with Crippen LogP contribution in [0, 0.1) is 17.1 Å². The predicted molar refractivity (Wildman–Crippen MR) is 84.9 cm³/mol. The van der Waals surface area contributed by atoms with Crippen molar-refractivity contribution in [3.63, 3.8) is 0 Å². The van der Waals surface area contributed by atoms with Gasteiger partial charge in [0.2, 0.25) is 0 Å². The first kappa shape index (κ1) is 14.9. The van der Waals surface area contributed by atoms with Gasteiger partial charge in [0.15, 0.2) is 11.7 Å². The van der Waals surface area contributed by atoms with Gasteiger partial charge in [-0.2, -0.15) is 5.26 Å². The summed E-state index contributed by atoms with van der Waals surface area (Å²) in [5.74, 6) is -0.413. The second kappa shape index (κ2) is 6.42. The van der Waals surface area contributed by atoms with Gasteiger partial charge in [0.1, 0.15) is 17.6 Å². The van der Waals surface area contributed by atoms with Crippen LogP contribution >= 0.6 is 11.3 Å². The summed E-state index contributed by atoms with van der Waals surface area (Å²) in [7, 11) is 0. The number of hydrogen-bond acceptors (Lipinski definition) is 5. The minimum absolute atomic E-state index is 0.247. The molecule has 0 saturated carbocycles. The molecule has 1 amide bonds. The molecule has 1 aromatic heterocycles. The highest BCUT2D eigenvalue weighted by Gasteiger charge is 2.10. The topological polar surface area (TPSA) is 75.0 Å². The van der Waals surface area contributed by atoms with Crippen LogP contribution in [-0.2, 0) is 4.79 Å². The summed E-state index contributed by atoms with van der Waals surface area (Å²) < 4.78 is 19.1. The van der Waals surface area contributed by atoms with Gasteiger partial charge in [0.25, 0.3) is 5.91 Å². The number of ether oxygens (including phenoxy) is 1. The van der Waals surface area contributed by atoms with E-state index in [4.69, 9.17) is 10.00 Å². The van der Waals surface area contributed by atoms with E-state index in [1.54, 1.807) is 30.3 Å². The molecular formula is C16H10FN3O2S. The molecule has 0 spiro atoms. The van der Waals surface area contributed by atoms with Crippen molar-refractivity contribution in [2.45, 2.75) is 0 Å². The number of amides is 1. The summed E-state index contributed by atoms with van der Waals surface area (Å²) in [6.45, 7) is -0.247. The number of carbonyl (C=O) groups excluding carboxylic acids is 1. The van der Waals surface area contributed by atoms with Crippen molar-refractivity contribution in [2.75, 3.05) is 11.9 Å². The Morgan fingerprint density at radius 1 is 1.35 bits per heavy atom. The number of para-hydroxylation sites is 1. The first-order valence-electron chi connectivity index (χ1n) is 6.63. The van der Waals surface area contributed by atoms with E-state index in [-0.39, 0.29) is 12.4 Å². The fourth-order valence-electron chi connectivity index (χ4n) is 1.94. The molecule has 1 N–H and O–H groups in total. The molecule has 0 bridgehead atoms. The third-order valence-corrected chi connectivity index (χ3v) is 3.90. The van der Waals surface area contributed by atoms with Crippen molar-refractivity contribution >= 4 is 32.6 Å². The van der Waals surface area contributed by atoms with E-state index in [1.807, 2.05) is 6.07 Å². The maximum absolute atomic E-state index is 13.1. The van der Waals surface area contributed by atoms with Crippen molar-refractivity contribution in [3.05, 3.63) is 53.8 Å². The monoisotopic (exact) mass is 327 g/mol. The number of thiazole rings is 1. The molecule has 5 nitrogen and oxygen atoms in total. The van der Waals surface area contributed by atoms with Gasteiger partial charge in [0.05, 0.1) is 15.8 Å². The van der Waals surface area contributed by atoms with Crippen LogP contribution in [0.5, 0.6) is 5.75 Å². The zero-order valence-corrected chi connectivity index (χ0v) is 12.6. The van der Waals surface area contributed by atoms with Crippen LogP contribution in [0.4, 0.5) is 9.52 Å². The number of aromatic nitrogens is 1. The van der Waals surface area contributed by atoms with Gasteiger partial charge >= 0.3 is 0 Å². The highest BCUT2D eigenvalue weighted by Crippen LogP contribution is 2.26. The summed E-state index contributed by atoms with van der Waals surface area (Å²) in [6, 6.07) is 12.9. The SMILES string of the molecule is N#Cc1ccccc1OCC(=O)Nc1nc2ccc(F)cc2s1. The van der Waals surface area contributed by atoms with Crippen LogP contribution in [-0.4, -0.2) is 17.5 Å². The van der Waals surface area contributed by atoms with E-state index < -0.39 is 5.91 Å². The first-order chi connectivity index (χ1) is 11.2. The molecule has 0 aliphatic carbocycles. The van der Waals surface area contributed by atoms with Gasteiger partial charge in [-0.15, -0.1) is 0 Å². The van der Waals surface area contributed by atoms with Gasteiger partial charge in [-0.3, -0.25) is 10.1 Å². The van der Waals surface area contributed by atoms with E-state index >= 15 is 0 Å². The summed E-state index contributed by atoms with van der Waals surface area (Å²) in [5, 5.41) is 11.9. The highest BCUT2D eigenvalue weighted by molar-refractivity contribution is 7.22. The van der Waals surface area contributed by atoms with E-state index in [1.165, 1.54) is 23.5 Å². The minimum Gasteiger partial charge on any atom is -0.482 e. The van der Waals surface area contributed by atoms with Gasteiger partial charge in [-0.05, 0) is 30.3 Å². The Labute approximate surface area is 135 Å². The summed E-state index contributed by atoms with van der Waals surface area (Å²) in [5.41, 5.74) is 0.971. The third-order valence-electron chi connectivity index (χ3n) is 2.96. The van der Waals surface area contributed by atoms with Crippen molar-refractivity contribution in [2.24, 2.45) is 0 Å². The van der Waals surface area contributed by atoms with E-state index in [9.17, 15) is 9.18 Å². The largest absolute Gasteiger partial charge is 0.482 e. The molecule has 0 saturated heterocycles. The maximum atomic E-state index is 13.1. The van der Waals surface area contributed by atoms with Gasteiger partial charge < -0.3 is 4.74 Å². The molecule has 7 heteroatoms. The lowest BCUT2D eigenvalue weighted by Gasteiger charge is -2.06. The lowest BCUT2D eigenvalue weighted by Crippen LogP contribution is -2.20. The predicted octanol–water partition coefficient (Wildman–Crippen LogP) is 3.32. The van der Waals surface area contributed by atoms with Crippen LogP contribution in [0.2, 0.25) is 0 Å². The fourth-order valence-corrected chi connectivity index (χ4v) is 2.84. The molecule has 0 unspecified atom stereocenters.